The molecule has 1 aromatic carbocycles. The topological polar surface area (TPSA) is 86.6 Å². The van der Waals surface area contributed by atoms with Crippen molar-refractivity contribution < 1.29 is 19.8 Å². The molecule has 5 nitrogen and oxygen atoms in total. The van der Waals surface area contributed by atoms with Crippen LogP contribution in [0.2, 0.25) is 0 Å². The summed E-state index contributed by atoms with van der Waals surface area (Å²) in [4.78, 5) is 24.5. The molecule has 0 aliphatic rings. The Morgan fingerprint density at radius 3 is 2.60 bits per heavy atom. The highest BCUT2D eigenvalue weighted by Crippen LogP contribution is 2.28. The first kappa shape index (κ1) is 14.1. The Labute approximate surface area is 119 Å². The van der Waals surface area contributed by atoms with Crippen LogP contribution in [0.3, 0.4) is 0 Å². The Hall–Kier alpha value is -2.34. The molecule has 3 N–H and O–H groups in total. The van der Waals surface area contributed by atoms with Gasteiger partial charge in [-0.1, -0.05) is 13.0 Å². The summed E-state index contributed by atoms with van der Waals surface area (Å²) in [6.45, 7) is 2.00. The van der Waals surface area contributed by atoms with Gasteiger partial charge in [-0.2, -0.15) is 0 Å². The van der Waals surface area contributed by atoms with E-state index < -0.39 is 11.7 Å². The van der Waals surface area contributed by atoms with Crippen molar-refractivity contribution in [2.75, 3.05) is 5.32 Å². The van der Waals surface area contributed by atoms with E-state index >= 15 is 0 Å². The smallest absolute Gasteiger partial charge is 0.339 e. The average Bonchev–Trinajstić information content (AvgIpc) is 2.89. The van der Waals surface area contributed by atoms with Crippen molar-refractivity contribution >= 4 is 28.9 Å². The molecule has 6 heteroatoms. The Kier molecular flexibility index (Phi) is 4.05. The van der Waals surface area contributed by atoms with Crippen LogP contribution in [0.5, 0.6) is 5.75 Å². The number of carboxylic acids is 1. The summed E-state index contributed by atoms with van der Waals surface area (Å²) in [5.74, 6) is -2.06. The number of benzene rings is 1. The van der Waals surface area contributed by atoms with Crippen LogP contribution < -0.4 is 5.32 Å². The predicted molar refractivity (Wildman–Crippen MR) is 76.7 cm³/mol. The summed E-state index contributed by atoms with van der Waals surface area (Å²) < 4.78 is 0. The number of carbonyl (C=O) groups excluding carboxylic acids is 1. The molecule has 0 atom stereocenters. The molecule has 0 aliphatic heterocycles. The van der Waals surface area contributed by atoms with E-state index in [2.05, 4.69) is 5.32 Å². The van der Waals surface area contributed by atoms with Crippen LogP contribution in [-0.2, 0) is 6.42 Å². The largest absolute Gasteiger partial charge is 0.505 e. The normalized spacial score (nSPS) is 10.2. The maximum Gasteiger partial charge on any atom is 0.339 e. The van der Waals surface area contributed by atoms with Crippen molar-refractivity contribution in [2.45, 2.75) is 13.3 Å². The monoisotopic (exact) mass is 291 g/mol. The van der Waals surface area contributed by atoms with Crippen molar-refractivity contribution in [2.24, 2.45) is 0 Å². The molecule has 20 heavy (non-hydrogen) atoms. The molecule has 0 saturated heterocycles. The van der Waals surface area contributed by atoms with Crippen LogP contribution in [0.25, 0.3) is 0 Å². The lowest BCUT2D eigenvalue weighted by Gasteiger charge is -2.08. The number of aryl methyl sites for hydroxylation is 1. The van der Waals surface area contributed by atoms with E-state index in [9.17, 15) is 14.7 Å². The second-order valence-electron chi connectivity index (χ2n) is 4.08. The van der Waals surface area contributed by atoms with E-state index in [4.69, 9.17) is 5.11 Å². The SMILES string of the molecule is CCc1ccc(C(=O)Nc2cccc(C(=O)O)c2O)s1. The van der Waals surface area contributed by atoms with Gasteiger partial charge >= 0.3 is 5.97 Å². The minimum Gasteiger partial charge on any atom is -0.505 e. The maximum absolute atomic E-state index is 12.0. The number of anilines is 1. The summed E-state index contributed by atoms with van der Waals surface area (Å²) in [6, 6.07) is 7.76. The molecule has 0 saturated carbocycles. The van der Waals surface area contributed by atoms with Crippen LogP contribution >= 0.6 is 11.3 Å². The lowest BCUT2D eigenvalue weighted by atomic mass is 10.1. The molecular formula is C14H13NO4S. The Balaban J connectivity index is 2.24. The summed E-state index contributed by atoms with van der Waals surface area (Å²) in [7, 11) is 0. The number of hydrogen-bond donors (Lipinski definition) is 3. The lowest BCUT2D eigenvalue weighted by Crippen LogP contribution is -2.11. The predicted octanol–water partition coefficient (Wildman–Crippen LogP) is 2.97. The average molecular weight is 291 g/mol. The Morgan fingerprint density at radius 2 is 2.00 bits per heavy atom. The van der Waals surface area contributed by atoms with E-state index in [-0.39, 0.29) is 17.2 Å². The van der Waals surface area contributed by atoms with Crippen LogP contribution in [-0.4, -0.2) is 22.1 Å². The third-order valence-corrected chi connectivity index (χ3v) is 3.98. The number of nitrogens with one attached hydrogen (secondary N) is 1. The zero-order valence-corrected chi connectivity index (χ0v) is 11.5. The highest BCUT2D eigenvalue weighted by atomic mass is 32.1. The number of carboxylic acid groups (broad SMARTS) is 1. The molecule has 0 radical (unpaired) electrons. The molecular weight excluding hydrogens is 278 g/mol. The Morgan fingerprint density at radius 1 is 1.25 bits per heavy atom. The number of aromatic hydroxyl groups is 1. The van der Waals surface area contributed by atoms with Gasteiger partial charge in [0, 0.05) is 4.88 Å². The molecule has 1 amide bonds. The second-order valence-corrected chi connectivity index (χ2v) is 5.25. The van der Waals surface area contributed by atoms with Gasteiger partial charge in [0.05, 0.1) is 10.6 Å². The van der Waals surface area contributed by atoms with E-state index in [1.807, 2.05) is 13.0 Å². The zero-order chi connectivity index (χ0) is 14.7. The molecule has 2 rings (SSSR count). The first-order valence-electron chi connectivity index (χ1n) is 5.98. The molecule has 2 aromatic rings. The van der Waals surface area contributed by atoms with E-state index in [1.54, 1.807) is 6.07 Å². The van der Waals surface area contributed by atoms with Gasteiger partial charge in [-0.25, -0.2) is 4.79 Å². The molecule has 0 unspecified atom stereocenters. The molecule has 104 valence electrons. The standard InChI is InChI=1S/C14H13NO4S/c1-2-8-6-7-11(20-8)13(17)15-10-5-3-4-9(12(10)16)14(18)19/h3-7,16H,2H2,1H3,(H,15,17)(H,18,19). The molecule has 0 spiro atoms. The third-order valence-electron chi connectivity index (χ3n) is 2.75. The lowest BCUT2D eigenvalue weighted by molar-refractivity contribution is 0.0693. The number of para-hydroxylation sites is 1. The number of rotatable bonds is 4. The van der Waals surface area contributed by atoms with E-state index in [0.717, 1.165) is 11.3 Å². The first-order valence-corrected chi connectivity index (χ1v) is 6.80. The van der Waals surface area contributed by atoms with Crippen molar-refractivity contribution in [1.29, 1.82) is 0 Å². The number of hydrogen-bond acceptors (Lipinski definition) is 4. The van der Waals surface area contributed by atoms with Gasteiger partial charge in [0.15, 0.2) is 5.75 Å². The Bertz CT molecular complexity index is 663. The quantitative estimate of drug-likeness (QED) is 0.756. The van der Waals surface area contributed by atoms with Crippen LogP contribution in [0, 0.1) is 0 Å². The highest BCUT2D eigenvalue weighted by molar-refractivity contribution is 7.14. The van der Waals surface area contributed by atoms with Gasteiger partial charge in [-0.3, -0.25) is 4.79 Å². The van der Waals surface area contributed by atoms with E-state index in [1.165, 1.54) is 29.5 Å². The summed E-state index contributed by atoms with van der Waals surface area (Å²) in [6.07, 6.45) is 0.845. The number of aromatic carboxylic acids is 1. The molecule has 1 aromatic heterocycles. The fourth-order valence-corrected chi connectivity index (χ4v) is 2.53. The minimum atomic E-state index is -1.25. The fourth-order valence-electron chi connectivity index (χ4n) is 1.69. The number of phenols is 1. The van der Waals surface area contributed by atoms with Gasteiger partial charge in [-0.15, -0.1) is 11.3 Å². The highest BCUT2D eigenvalue weighted by Gasteiger charge is 2.16. The number of carbonyl (C=O) groups is 2. The van der Waals surface area contributed by atoms with Crippen molar-refractivity contribution in [3.63, 3.8) is 0 Å². The number of amides is 1. The maximum atomic E-state index is 12.0. The van der Waals surface area contributed by atoms with Crippen molar-refractivity contribution in [3.05, 3.63) is 45.6 Å². The first-order chi connectivity index (χ1) is 9.52. The summed E-state index contributed by atoms with van der Waals surface area (Å²) >= 11 is 1.37. The molecule has 1 heterocycles. The summed E-state index contributed by atoms with van der Waals surface area (Å²) in [5, 5.41) is 21.2. The van der Waals surface area contributed by atoms with Crippen LogP contribution in [0.1, 0.15) is 31.8 Å². The van der Waals surface area contributed by atoms with Gasteiger partial charge in [0.1, 0.15) is 5.56 Å². The van der Waals surface area contributed by atoms with Gasteiger partial charge in [0.25, 0.3) is 5.91 Å². The zero-order valence-electron chi connectivity index (χ0n) is 10.7. The van der Waals surface area contributed by atoms with E-state index in [0.29, 0.717) is 4.88 Å². The van der Waals surface area contributed by atoms with Crippen molar-refractivity contribution in [1.82, 2.24) is 0 Å². The van der Waals surface area contributed by atoms with Crippen LogP contribution in [0.4, 0.5) is 5.69 Å². The van der Waals surface area contributed by atoms with Crippen LogP contribution in [0.15, 0.2) is 30.3 Å². The molecule has 0 bridgehead atoms. The van der Waals surface area contributed by atoms with Gasteiger partial charge < -0.3 is 15.5 Å². The minimum absolute atomic E-state index is 0.0846. The van der Waals surface area contributed by atoms with Gasteiger partial charge in [0.2, 0.25) is 0 Å². The van der Waals surface area contributed by atoms with Gasteiger partial charge in [-0.05, 0) is 30.7 Å². The number of thiophene rings is 1. The summed E-state index contributed by atoms with van der Waals surface area (Å²) in [5.41, 5.74) is -0.162. The third kappa shape index (κ3) is 2.80. The molecule has 0 fully saturated rings. The molecule has 0 aliphatic carbocycles. The fraction of sp³-hybridized carbons (Fsp3) is 0.143. The van der Waals surface area contributed by atoms with Crippen molar-refractivity contribution in [3.8, 4) is 5.75 Å². The second kappa shape index (κ2) is 5.75.